The highest BCUT2D eigenvalue weighted by atomic mass is 16.3. The summed E-state index contributed by atoms with van der Waals surface area (Å²) in [4.78, 5) is 0. The smallest absolute Gasteiger partial charge is 0.123 e. The molecule has 2 atom stereocenters. The van der Waals surface area contributed by atoms with E-state index < -0.39 is 5.60 Å². The molecule has 1 aliphatic carbocycles. The maximum atomic E-state index is 10.9. The molecule has 0 radical (unpaired) electrons. The van der Waals surface area contributed by atoms with Gasteiger partial charge in [-0.25, -0.2) is 0 Å². The van der Waals surface area contributed by atoms with E-state index in [9.17, 15) is 5.11 Å². The lowest BCUT2D eigenvalue weighted by atomic mass is 9.95. The van der Waals surface area contributed by atoms with Crippen LogP contribution in [0.5, 0.6) is 0 Å². The van der Waals surface area contributed by atoms with Gasteiger partial charge in [-0.05, 0) is 49.4 Å². The summed E-state index contributed by atoms with van der Waals surface area (Å²) in [6, 6.07) is 10.2. The zero-order valence-corrected chi connectivity index (χ0v) is 12.0. The maximum absolute atomic E-state index is 10.9. The molecule has 2 aromatic rings. The molecule has 3 nitrogen and oxygen atoms in total. The molecule has 0 saturated heterocycles. The minimum atomic E-state index is -0.759. The predicted molar refractivity (Wildman–Crippen MR) is 78.5 cm³/mol. The normalized spacial score (nSPS) is 22.8. The Kier molecular flexibility index (Phi) is 3.40. The minimum absolute atomic E-state index is 0.0989. The molecule has 3 rings (SSSR count). The van der Waals surface area contributed by atoms with E-state index in [-0.39, 0.29) is 6.04 Å². The van der Waals surface area contributed by atoms with E-state index in [4.69, 9.17) is 4.42 Å². The van der Waals surface area contributed by atoms with Crippen LogP contribution in [0.1, 0.15) is 41.8 Å². The molecule has 2 N–H and O–H groups in total. The van der Waals surface area contributed by atoms with Crippen molar-refractivity contribution < 1.29 is 9.52 Å². The van der Waals surface area contributed by atoms with Gasteiger partial charge in [-0.1, -0.05) is 24.3 Å². The van der Waals surface area contributed by atoms with E-state index in [1.165, 1.54) is 5.56 Å². The lowest BCUT2D eigenvalue weighted by Crippen LogP contribution is -2.37. The average molecular weight is 271 g/mol. The van der Waals surface area contributed by atoms with Crippen molar-refractivity contribution in [1.29, 1.82) is 0 Å². The molecule has 1 aliphatic rings. The van der Waals surface area contributed by atoms with Crippen LogP contribution in [0.25, 0.3) is 0 Å². The second-order valence-electron chi connectivity index (χ2n) is 5.76. The number of aliphatic hydroxyl groups is 1. The third-order valence-corrected chi connectivity index (χ3v) is 4.32. The SMILES string of the molecule is Cc1ccoc1C(C)NCC1(O)CCc2ccccc21. The summed E-state index contributed by atoms with van der Waals surface area (Å²) in [5, 5.41) is 14.3. The van der Waals surface area contributed by atoms with Crippen molar-refractivity contribution >= 4 is 0 Å². The molecular formula is C17H21NO2. The molecule has 0 amide bonds. The van der Waals surface area contributed by atoms with E-state index in [1.807, 2.05) is 31.2 Å². The summed E-state index contributed by atoms with van der Waals surface area (Å²) in [7, 11) is 0. The van der Waals surface area contributed by atoms with Crippen LogP contribution in [-0.2, 0) is 12.0 Å². The Balaban J connectivity index is 1.72. The van der Waals surface area contributed by atoms with Crippen LogP contribution < -0.4 is 5.32 Å². The van der Waals surface area contributed by atoms with E-state index in [2.05, 4.69) is 18.3 Å². The molecule has 0 fully saturated rings. The molecule has 106 valence electrons. The third kappa shape index (κ3) is 2.28. The lowest BCUT2D eigenvalue weighted by Gasteiger charge is -2.26. The second kappa shape index (κ2) is 5.08. The van der Waals surface area contributed by atoms with Crippen LogP contribution in [-0.4, -0.2) is 11.7 Å². The van der Waals surface area contributed by atoms with Crippen LogP contribution >= 0.6 is 0 Å². The number of hydrogen-bond donors (Lipinski definition) is 2. The van der Waals surface area contributed by atoms with Crippen LogP contribution in [0, 0.1) is 6.92 Å². The van der Waals surface area contributed by atoms with E-state index in [0.717, 1.165) is 29.7 Å². The fraction of sp³-hybridized carbons (Fsp3) is 0.412. The summed E-state index contributed by atoms with van der Waals surface area (Å²) >= 11 is 0. The third-order valence-electron chi connectivity index (χ3n) is 4.32. The van der Waals surface area contributed by atoms with Gasteiger partial charge in [0, 0.05) is 6.54 Å². The van der Waals surface area contributed by atoms with Gasteiger partial charge in [0.2, 0.25) is 0 Å². The first-order valence-electron chi connectivity index (χ1n) is 7.18. The van der Waals surface area contributed by atoms with Crippen molar-refractivity contribution in [2.75, 3.05) is 6.54 Å². The van der Waals surface area contributed by atoms with Gasteiger partial charge in [-0.15, -0.1) is 0 Å². The van der Waals surface area contributed by atoms with Crippen LogP contribution in [0.4, 0.5) is 0 Å². The predicted octanol–water partition coefficient (Wildman–Crippen LogP) is 3.07. The molecule has 1 heterocycles. The number of nitrogens with one attached hydrogen (secondary N) is 1. The molecule has 0 spiro atoms. The number of benzene rings is 1. The van der Waals surface area contributed by atoms with Gasteiger partial charge in [0.15, 0.2) is 0 Å². The van der Waals surface area contributed by atoms with Gasteiger partial charge in [0.05, 0.1) is 12.3 Å². The highest BCUT2D eigenvalue weighted by molar-refractivity contribution is 5.37. The zero-order valence-electron chi connectivity index (χ0n) is 12.0. The summed E-state index contributed by atoms with van der Waals surface area (Å²) in [6.45, 7) is 4.65. The molecule has 3 heteroatoms. The van der Waals surface area contributed by atoms with Gasteiger partial charge in [-0.2, -0.15) is 0 Å². The van der Waals surface area contributed by atoms with Gasteiger partial charge >= 0.3 is 0 Å². The number of fused-ring (bicyclic) bond motifs is 1. The molecular weight excluding hydrogens is 250 g/mol. The van der Waals surface area contributed by atoms with Crippen molar-refractivity contribution in [1.82, 2.24) is 5.32 Å². The Labute approximate surface area is 119 Å². The first-order chi connectivity index (χ1) is 9.60. The fourth-order valence-corrected chi connectivity index (χ4v) is 3.09. The van der Waals surface area contributed by atoms with Gasteiger partial charge in [0.1, 0.15) is 11.4 Å². The minimum Gasteiger partial charge on any atom is -0.467 e. The van der Waals surface area contributed by atoms with Crippen molar-refractivity contribution in [3.05, 3.63) is 59.0 Å². The Bertz CT molecular complexity index is 605. The second-order valence-corrected chi connectivity index (χ2v) is 5.76. The molecule has 0 saturated carbocycles. The van der Waals surface area contributed by atoms with E-state index in [0.29, 0.717) is 6.54 Å². The Morgan fingerprint density at radius 2 is 2.15 bits per heavy atom. The van der Waals surface area contributed by atoms with Crippen LogP contribution in [0.3, 0.4) is 0 Å². The van der Waals surface area contributed by atoms with Crippen molar-refractivity contribution in [2.45, 2.75) is 38.3 Å². The van der Waals surface area contributed by atoms with E-state index in [1.54, 1.807) is 6.26 Å². The Hall–Kier alpha value is -1.58. The Morgan fingerprint density at radius 1 is 1.35 bits per heavy atom. The number of rotatable bonds is 4. The lowest BCUT2D eigenvalue weighted by molar-refractivity contribution is 0.0357. The standard InChI is InChI=1S/C17H21NO2/c1-12-8-10-20-16(12)13(2)18-11-17(19)9-7-14-5-3-4-6-15(14)17/h3-6,8,10,13,18-19H,7,9,11H2,1-2H3. The van der Waals surface area contributed by atoms with Gasteiger partial charge in [0.25, 0.3) is 0 Å². The number of hydrogen-bond acceptors (Lipinski definition) is 3. The molecule has 1 aromatic heterocycles. The van der Waals surface area contributed by atoms with Crippen LogP contribution in [0.2, 0.25) is 0 Å². The van der Waals surface area contributed by atoms with E-state index >= 15 is 0 Å². The van der Waals surface area contributed by atoms with Crippen LogP contribution in [0.15, 0.2) is 41.0 Å². The van der Waals surface area contributed by atoms with Gasteiger partial charge in [-0.3, -0.25) is 0 Å². The van der Waals surface area contributed by atoms with Gasteiger partial charge < -0.3 is 14.8 Å². The molecule has 20 heavy (non-hydrogen) atoms. The first-order valence-corrected chi connectivity index (χ1v) is 7.18. The zero-order chi connectivity index (χ0) is 14.2. The summed E-state index contributed by atoms with van der Waals surface area (Å²) in [5.74, 6) is 0.944. The largest absolute Gasteiger partial charge is 0.467 e. The van der Waals surface area contributed by atoms with Crippen molar-refractivity contribution in [3.8, 4) is 0 Å². The summed E-state index contributed by atoms with van der Waals surface area (Å²) < 4.78 is 5.50. The van der Waals surface area contributed by atoms with Crippen molar-refractivity contribution in [3.63, 3.8) is 0 Å². The maximum Gasteiger partial charge on any atom is 0.123 e. The topological polar surface area (TPSA) is 45.4 Å². The quantitative estimate of drug-likeness (QED) is 0.898. The monoisotopic (exact) mass is 271 g/mol. The average Bonchev–Trinajstić information content (AvgIpc) is 3.02. The molecule has 1 aromatic carbocycles. The Morgan fingerprint density at radius 3 is 2.90 bits per heavy atom. The highest BCUT2D eigenvalue weighted by Crippen LogP contribution is 2.36. The molecule has 0 bridgehead atoms. The number of furan rings is 1. The summed E-state index contributed by atoms with van der Waals surface area (Å²) in [5.41, 5.74) is 2.71. The molecule has 2 unspecified atom stereocenters. The fourth-order valence-electron chi connectivity index (χ4n) is 3.09. The van der Waals surface area contributed by atoms with Crippen molar-refractivity contribution in [2.24, 2.45) is 0 Å². The highest BCUT2D eigenvalue weighted by Gasteiger charge is 2.36. The summed E-state index contributed by atoms with van der Waals surface area (Å²) in [6.07, 6.45) is 3.44. The number of aryl methyl sites for hydroxylation is 2. The molecule has 0 aliphatic heterocycles. The first kappa shape index (κ1) is 13.4.